The van der Waals surface area contributed by atoms with Gasteiger partial charge in [-0.25, -0.2) is 0 Å². The molecule has 0 atom stereocenters. The third-order valence-corrected chi connectivity index (χ3v) is 5.47. The molecule has 2 amide bonds. The van der Waals surface area contributed by atoms with Crippen molar-refractivity contribution in [1.82, 2.24) is 10.2 Å². The zero-order chi connectivity index (χ0) is 18.4. The van der Waals surface area contributed by atoms with E-state index in [9.17, 15) is 9.59 Å². The van der Waals surface area contributed by atoms with Gasteiger partial charge in [0, 0.05) is 31.5 Å². The summed E-state index contributed by atoms with van der Waals surface area (Å²) in [5, 5.41) is 6.31. The molecule has 26 heavy (non-hydrogen) atoms. The number of anilines is 1. The number of benzene rings is 1. The summed E-state index contributed by atoms with van der Waals surface area (Å²) in [6, 6.07) is 7.28. The zero-order valence-electron chi connectivity index (χ0n) is 15.6. The molecule has 2 saturated heterocycles. The highest BCUT2D eigenvalue weighted by Gasteiger charge is 2.39. The summed E-state index contributed by atoms with van der Waals surface area (Å²) >= 11 is 0. The Kier molecular flexibility index (Phi) is 6.27. The third kappa shape index (κ3) is 4.24. The number of nitrogens with zero attached hydrogens (tertiary/aromatic N) is 1. The average Bonchev–Trinajstić information content (AvgIpc) is 2.69. The van der Waals surface area contributed by atoms with Gasteiger partial charge in [-0.05, 0) is 63.4 Å². The second kappa shape index (κ2) is 8.64. The summed E-state index contributed by atoms with van der Waals surface area (Å²) in [7, 11) is 1.63. The Morgan fingerprint density at radius 1 is 1.19 bits per heavy atom. The number of likely N-dealkylation sites (tertiary alicyclic amines) is 1. The predicted octanol–water partition coefficient (Wildman–Crippen LogP) is 2.27. The summed E-state index contributed by atoms with van der Waals surface area (Å²) in [4.78, 5) is 27.5. The Bertz CT molecular complexity index is 629. The van der Waals surface area contributed by atoms with Crippen molar-refractivity contribution in [2.24, 2.45) is 5.41 Å². The minimum absolute atomic E-state index is 0.0246. The van der Waals surface area contributed by atoms with Gasteiger partial charge >= 0.3 is 0 Å². The summed E-state index contributed by atoms with van der Waals surface area (Å²) in [6.07, 6.45) is 4.82. The molecule has 0 radical (unpaired) electrons. The first-order valence-electron chi connectivity index (χ1n) is 9.55. The molecule has 2 heterocycles. The lowest BCUT2D eigenvalue weighted by molar-refractivity contribution is -0.130. The molecule has 3 rings (SSSR count). The molecule has 142 valence electrons. The van der Waals surface area contributed by atoms with Crippen LogP contribution in [0.2, 0.25) is 0 Å². The Morgan fingerprint density at radius 3 is 2.62 bits per heavy atom. The number of carbonyl (C=O) groups is 2. The number of nitrogens with one attached hydrogen (secondary N) is 2. The van der Waals surface area contributed by atoms with Crippen LogP contribution in [0.1, 0.15) is 42.5 Å². The highest BCUT2D eigenvalue weighted by atomic mass is 16.5. The number of piperidine rings is 2. The minimum atomic E-state index is -0.507. The first kappa shape index (κ1) is 18.9. The summed E-state index contributed by atoms with van der Waals surface area (Å²) in [5.74, 6) is 0.0256. The van der Waals surface area contributed by atoms with E-state index in [0.717, 1.165) is 51.9 Å². The molecule has 1 aromatic carbocycles. The van der Waals surface area contributed by atoms with Crippen molar-refractivity contribution in [3.05, 3.63) is 29.8 Å². The maximum Gasteiger partial charge on any atom is 0.253 e. The van der Waals surface area contributed by atoms with Crippen molar-refractivity contribution in [3.63, 3.8) is 0 Å². The number of hydrogen-bond acceptors (Lipinski definition) is 4. The second-order valence-electron chi connectivity index (χ2n) is 7.35. The highest BCUT2D eigenvalue weighted by molar-refractivity contribution is 5.99. The predicted molar refractivity (Wildman–Crippen MR) is 101 cm³/mol. The van der Waals surface area contributed by atoms with E-state index in [0.29, 0.717) is 17.9 Å². The SMILES string of the molecule is COCC1(C(=O)Nc2cccc(C(=O)N3CCCCC3)c2)CCNCC1. The summed E-state index contributed by atoms with van der Waals surface area (Å²) in [6.45, 7) is 3.67. The molecule has 2 aliphatic heterocycles. The Morgan fingerprint density at radius 2 is 1.92 bits per heavy atom. The molecule has 0 spiro atoms. The van der Waals surface area contributed by atoms with E-state index in [1.54, 1.807) is 13.2 Å². The van der Waals surface area contributed by atoms with Crippen LogP contribution in [0.3, 0.4) is 0 Å². The quantitative estimate of drug-likeness (QED) is 0.846. The van der Waals surface area contributed by atoms with Gasteiger partial charge in [-0.3, -0.25) is 9.59 Å². The number of amides is 2. The molecule has 2 aliphatic rings. The number of methoxy groups -OCH3 is 1. The Hall–Kier alpha value is -1.92. The van der Waals surface area contributed by atoms with Crippen molar-refractivity contribution >= 4 is 17.5 Å². The number of ether oxygens (including phenoxy) is 1. The Balaban J connectivity index is 1.71. The van der Waals surface area contributed by atoms with E-state index >= 15 is 0 Å². The lowest BCUT2D eigenvalue weighted by Gasteiger charge is -2.35. The van der Waals surface area contributed by atoms with Crippen LogP contribution in [0.4, 0.5) is 5.69 Å². The van der Waals surface area contributed by atoms with Gasteiger partial charge < -0.3 is 20.3 Å². The fraction of sp³-hybridized carbons (Fsp3) is 0.600. The van der Waals surface area contributed by atoms with Crippen LogP contribution in [0.5, 0.6) is 0 Å². The van der Waals surface area contributed by atoms with Gasteiger partial charge in [-0.1, -0.05) is 6.07 Å². The van der Waals surface area contributed by atoms with Gasteiger partial charge in [-0.2, -0.15) is 0 Å². The topological polar surface area (TPSA) is 70.7 Å². The van der Waals surface area contributed by atoms with Crippen molar-refractivity contribution in [1.29, 1.82) is 0 Å². The van der Waals surface area contributed by atoms with Gasteiger partial charge in [0.25, 0.3) is 5.91 Å². The van der Waals surface area contributed by atoms with Crippen molar-refractivity contribution in [3.8, 4) is 0 Å². The lowest BCUT2D eigenvalue weighted by atomic mass is 9.78. The van der Waals surface area contributed by atoms with Crippen LogP contribution < -0.4 is 10.6 Å². The van der Waals surface area contributed by atoms with Crippen LogP contribution in [0.15, 0.2) is 24.3 Å². The normalized spacial score (nSPS) is 19.8. The van der Waals surface area contributed by atoms with E-state index < -0.39 is 5.41 Å². The monoisotopic (exact) mass is 359 g/mol. The minimum Gasteiger partial charge on any atom is -0.384 e. The van der Waals surface area contributed by atoms with E-state index in [4.69, 9.17) is 4.74 Å². The molecule has 2 fully saturated rings. The van der Waals surface area contributed by atoms with Crippen LogP contribution in [0.25, 0.3) is 0 Å². The summed E-state index contributed by atoms with van der Waals surface area (Å²) < 4.78 is 5.34. The van der Waals surface area contributed by atoms with E-state index in [-0.39, 0.29) is 11.8 Å². The van der Waals surface area contributed by atoms with Gasteiger partial charge in [0.2, 0.25) is 5.91 Å². The summed E-state index contributed by atoms with van der Waals surface area (Å²) in [5.41, 5.74) is 0.801. The molecule has 0 unspecified atom stereocenters. The van der Waals surface area contributed by atoms with Crippen LogP contribution in [-0.2, 0) is 9.53 Å². The molecular weight excluding hydrogens is 330 g/mol. The highest BCUT2D eigenvalue weighted by Crippen LogP contribution is 2.31. The number of hydrogen-bond donors (Lipinski definition) is 2. The largest absolute Gasteiger partial charge is 0.384 e. The van der Waals surface area contributed by atoms with Gasteiger partial charge in [-0.15, -0.1) is 0 Å². The zero-order valence-corrected chi connectivity index (χ0v) is 15.6. The number of rotatable bonds is 5. The van der Waals surface area contributed by atoms with Gasteiger partial charge in [0.05, 0.1) is 12.0 Å². The molecule has 0 saturated carbocycles. The Labute approximate surface area is 155 Å². The maximum atomic E-state index is 12.9. The molecule has 6 heteroatoms. The van der Waals surface area contributed by atoms with Crippen LogP contribution in [0, 0.1) is 5.41 Å². The first-order chi connectivity index (χ1) is 12.6. The fourth-order valence-corrected chi connectivity index (χ4v) is 3.89. The third-order valence-electron chi connectivity index (χ3n) is 5.47. The van der Waals surface area contributed by atoms with Crippen LogP contribution in [-0.4, -0.2) is 56.6 Å². The molecule has 0 bridgehead atoms. The van der Waals surface area contributed by atoms with Crippen molar-refractivity contribution < 1.29 is 14.3 Å². The molecule has 1 aromatic rings. The lowest BCUT2D eigenvalue weighted by Crippen LogP contribution is -2.47. The molecule has 0 aliphatic carbocycles. The molecule has 6 nitrogen and oxygen atoms in total. The van der Waals surface area contributed by atoms with Crippen molar-refractivity contribution in [2.75, 3.05) is 45.2 Å². The average molecular weight is 359 g/mol. The smallest absolute Gasteiger partial charge is 0.253 e. The second-order valence-corrected chi connectivity index (χ2v) is 7.35. The first-order valence-corrected chi connectivity index (χ1v) is 9.55. The van der Waals surface area contributed by atoms with Gasteiger partial charge in [0.1, 0.15) is 0 Å². The molecular formula is C20H29N3O3. The van der Waals surface area contributed by atoms with Crippen molar-refractivity contribution in [2.45, 2.75) is 32.1 Å². The standard InChI is InChI=1S/C20H29N3O3/c1-26-15-20(8-10-21-11-9-20)19(25)22-17-7-5-6-16(14-17)18(24)23-12-3-2-4-13-23/h5-7,14,21H,2-4,8-13,15H2,1H3,(H,22,25). The maximum absolute atomic E-state index is 12.9. The fourth-order valence-electron chi connectivity index (χ4n) is 3.89. The molecule has 2 N–H and O–H groups in total. The molecule has 0 aromatic heterocycles. The van der Waals surface area contributed by atoms with E-state index in [1.807, 2.05) is 23.1 Å². The van der Waals surface area contributed by atoms with E-state index in [2.05, 4.69) is 10.6 Å². The van der Waals surface area contributed by atoms with E-state index in [1.165, 1.54) is 6.42 Å². The van der Waals surface area contributed by atoms with Gasteiger partial charge in [0.15, 0.2) is 0 Å². The van der Waals surface area contributed by atoms with Crippen LogP contribution >= 0.6 is 0 Å². The number of carbonyl (C=O) groups excluding carboxylic acids is 2.